The zero-order valence-electron chi connectivity index (χ0n) is 27.5. The second-order valence-electron chi connectivity index (χ2n) is 13.7. The third-order valence-electron chi connectivity index (χ3n) is 9.13. The number of nitrogens with zero attached hydrogens (tertiary/aromatic N) is 5. The van der Waals surface area contributed by atoms with Gasteiger partial charge in [0.1, 0.15) is 5.60 Å². The van der Waals surface area contributed by atoms with Gasteiger partial charge in [0.2, 0.25) is 0 Å². The van der Waals surface area contributed by atoms with Crippen molar-refractivity contribution in [2.45, 2.75) is 83.1 Å². The van der Waals surface area contributed by atoms with Crippen molar-refractivity contribution in [3.05, 3.63) is 78.2 Å². The van der Waals surface area contributed by atoms with Crippen LogP contribution < -0.4 is 0 Å². The summed E-state index contributed by atoms with van der Waals surface area (Å²) in [5, 5.41) is 12.1. The Balaban J connectivity index is 1.52. The number of benzene rings is 2. The van der Waals surface area contributed by atoms with Crippen molar-refractivity contribution in [1.82, 2.24) is 24.3 Å². The first kappa shape index (κ1) is 32.7. The predicted octanol–water partition coefficient (Wildman–Crippen LogP) is 5.65. The molecular weight excluding hydrogens is 566 g/mol. The number of likely N-dealkylation sites (N-methyl/N-ethyl adjacent to an activating group) is 1. The summed E-state index contributed by atoms with van der Waals surface area (Å²) in [6.45, 7) is 10.2. The molecule has 2 aliphatic rings. The van der Waals surface area contributed by atoms with Crippen molar-refractivity contribution in [3.8, 4) is 11.3 Å². The average molecular weight is 616 g/mol. The van der Waals surface area contributed by atoms with Crippen LogP contribution in [0.4, 0.5) is 4.79 Å². The molecule has 3 aromatic rings. The first-order valence-electron chi connectivity index (χ1n) is 16.3. The smallest absolute Gasteiger partial charge is 0.410 e. The number of carbonyl (C=O) groups is 2. The quantitative estimate of drug-likeness (QED) is 0.352. The van der Waals surface area contributed by atoms with Crippen LogP contribution in [0.25, 0.3) is 11.3 Å². The fraction of sp³-hybridized carbons (Fsp3) is 0.528. The Kier molecular flexibility index (Phi) is 9.99. The molecule has 0 radical (unpaired) electrons. The molecule has 2 heterocycles. The summed E-state index contributed by atoms with van der Waals surface area (Å²) in [6.07, 6.45) is 5.46. The van der Waals surface area contributed by atoms with E-state index in [0.29, 0.717) is 44.7 Å². The maximum atomic E-state index is 14.6. The molecule has 3 atom stereocenters. The van der Waals surface area contributed by atoms with Crippen LogP contribution in [0, 0.1) is 0 Å². The van der Waals surface area contributed by atoms with Gasteiger partial charge >= 0.3 is 6.09 Å². The molecule has 1 aliphatic heterocycles. The summed E-state index contributed by atoms with van der Waals surface area (Å²) in [7, 11) is 2.04. The molecule has 242 valence electrons. The van der Waals surface area contributed by atoms with Crippen LogP contribution in [-0.4, -0.2) is 98.4 Å². The minimum absolute atomic E-state index is 0.164. The van der Waals surface area contributed by atoms with Crippen LogP contribution in [0.2, 0.25) is 0 Å². The van der Waals surface area contributed by atoms with Crippen molar-refractivity contribution in [2.75, 3.05) is 39.8 Å². The van der Waals surface area contributed by atoms with Gasteiger partial charge in [-0.15, -0.1) is 0 Å². The normalized spacial score (nSPS) is 22.5. The molecule has 2 fully saturated rings. The lowest BCUT2D eigenvalue weighted by molar-refractivity contribution is -0.0598. The van der Waals surface area contributed by atoms with Crippen LogP contribution in [0.15, 0.2) is 67.0 Å². The number of carbonyl (C=O) groups excluding carboxylic acids is 2. The number of piperazine rings is 1. The lowest BCUT2D eigenvalue weighted by atomic mass is 9.79. The zero-order valence-corrected chi connectivity index (χ0v) is 27.5. The van der Waals surface area contributed by atoms with Crippen LogP contribution in [-0.2, 0) is 11.2 Å². The molecule has 1 aliphatic carbocycles. The second kappa shape index (κ2) is 13.7. The Hall–Kier alpha value is -3.69. The van der Waals surface area contributed by atoms with E-state index in [2.05, 4.69) is 28.5 Å². The van der Waals surface area contributed by atoms with E-state index in [1.165, 1.54) is 0 Å². The lowest BCUT2D eigenvalue weighted by Crippen LogP contribution is -2.58. The molecule has 1 N–H and O–H groups in total. The van der Waals surface area contributed by atoms with E-state index in [1.54, 1.807) is 11.2 Å². The maximum Gasteiger partial charge on any atom is 0.410 e. The number of ether oxygens (including phenoxy) is 1. The standard InChI is InChI=1S/C36H49N5O4/c1-6-38(5)25-36(44)20-14-13-19-30(36)41-26-37-31(32(41)28-17-11-8-12-18-28)33(42)40-22-21-39(34(43)45-35(2,3)4)24-29(40)23-27-15-9-7-10-16-27/h7-12,15-18,26,29-30,44H,6,13-14,19-25H2,1-5H3/t29-,30?,36?/m1/s1. The Morgan fingerprint density at radius 3 is 2.40 bits per heavy atom. The molecule has 0 spiro atoms. The molecule has 2 amide bonds. The largest absolute Gasteiger partial charge is 0.444 e. The van der Waals surface area contributed by atoms with Gasteiger partial charge in [-0.2, -0.15) is 0 Å². The summed E-state index contributed by atoms with van der Waals surface area (Å²) < 4.78 is 7.76. The molecule has 1 saturated heterocycles. The SMILES string of the molecule is CCN(C)CC1(O)CCCCC1n1cnc(C(=O)N2CCN(C(=O)OC(C)(C)C)C[C@H]2Cc2ccccc2)c1-c1ccccc1. The summed E-state index contributed by atoms with van der Waals surface area (Å²) in [5.74, 6) is -0.164. The van der Waals surface area contributed by atoms with E-state index in [0.717, 1.165) is 42.6 Å². The highest BCUT2D eigenvalue weighted by molar-refractivity contribution is 5.98. The maximum absolute atomic E-state index is 14.6. The number of amides is 2. The number of aliphatic hydroxyl groups is 1. The fourth-order valence-corrected chi connectivity index (χ4v) is 6.81. The minimum atomic E-state index is -0.942. The summed E-state index contributed by atoms with van der Waals surface area (Å²) in [6, 6.07) is 19.5. The predicted molar refractivity (Wildman–Crippen MR) is 176 cm³/mol. The Bertz CT molecular complexity index is 1440. The minimum Gasteiger partial charge on any atom is -0.444 e. The highest BCUT2D eigenvalue weighted by atomic mass is 16.6. The molecule has 0 bridgehead atoms. The monoisotopic (exact) mass is 615 g/mol. The molecule has 1 aromatic heterocycles. The van der Waals surface area contributed by atoms with Crippen LogP contribution >= 0.6 is 0 Å². The van der Waals surface area contributed by atoms with E-state index in [4.69, 9.17) is 9.72 Å². The van der Waals surface area contributed by atoms with E-state index >= 15 is 0 Å². The fourth-order valence-electron chi connectivity index (χ4n) is 6.81. The molecule has 45 heavy (non-hydrogen) atoms. The first-order valence-corrected chi connectivity index (χ1v) is 16.3. The van der Waals surface area contributed by atoms with Crippen molar-refractivity contribution in [3.63, 3.8) is 0 Å². The second-order valence-corrected chi connectivity index (χ2v) is 13.7. The summed E-state index contributed by atoms with van der Waals surface area (Å²) in [5.41, 5.74) is 1.54. The van der Waals surface area contributed by atoms with Crippen molar-refractivity contribution in [1.29, 1.82) is 0 Å². The molecule has 2 aromatic carbocycles. The highest BCUT2D eigenvalue weighted by Crippen LogP contribution is 2.41. The van der Waals surface area contributed by atoms with Gasteiger partial charge in [-0.3, -0.25) is 4.79 Å². The van der Waals surface area contributed by atoms with Crippen LogP contribution in [0.5, 0.6) is 0 Å². The lowest BCUT2D eigenvalue weighted by Gasteiger charge is -2.43. The number of hydrogen-bond donors (Lipinski definition) is 1. The van der Waals surface area contributed by atoms with E-state index in [9.17, 15) is 14.7 Å². The first-order chi connectivity index (χ1) is 21.5. The third-order valence-corrected chi connectivity index (χ3v) is 9.13. The van der Waals surface area contributed by atoms with Crippen molar-refractivity contribution < 1.29 is 19.4 Å². The number of rotatable bonds is 8. The van der Waals surface area contributed by atoms with Gasteiger partial charge in [-0.1, -0.05) is 80.4 Å². The summed E-state index contributed by atoms with van der Waals surface area (Å²) in [4.78, 5) is 38.3. The molecule has 9 nitrogen and oxygen atoms in total. The molecule has 5 rings (SSSR count). The van der Waals surface area contributed by atoms with Gasteiger partial charge in [0.25, 0.3) is 5.91 Å². The Morgan fingerprint density at radius 1 is 1.04 bits per heavy atom. The van der Waals surface area contributed by atoms with Gasteiger partial charge in [0.05, 0.1) is 29.7 Å². The highest BCUT2D eigenvalue weighted by Gasteiger charge is 2.43. The number of imidazole rings is 1. The van der Waals surface area contributed by atoms with Gasteiger partial charge in [-0.25, -0.2) is 9.78 Å². The van der Waals surface area contributed by atoms with E-state index in [1.807, 2.05) is 81.2 Å². The van der Waals surface area contributed by atoms with Crippen molar-refractivity contribution >= 4 is 12.0 Å². The van der Waals surface area contributed by atoms with Crippen LogP contribution in [0.3, 0.4) is 0 Å². The molecule has 9 heteroatoms. The van der Waals surface area contributed by atoms with Gasteiger partial charge in [0.15, 0.2) is 5.69 Å². The van der Waals surface area contributed by atoms with Gasteiger partial charge < -0.3 is 29.1 Å². The Labute approximate surface area is 267 Å². The molecular formula is C36H49N5O4. The average Bonchev–Trinajstić information content (AvgIpc) is 3.45. The van der Waals surface area contributed by atoms with Gasteiger partial charge in [-0.05, 0) is 59.2 Å². The van der Waals surface area contributed by atoms with E-state index in [-0.39, 0.29) is 24.1 Å². The summed E-state index contributed by atoms with van der Waals surface area (Å²) >= 11 is 0. The molecule has 1 saturated carbocycles. The van der Waals surface area contributed by atoms with E-state index < -0.39 is 11.2 Å². The Morgan fingerprint density at radius 2 is 1.73 bits per heavy atom. The third kappa shape index (κ3) is 7.59. The van der Waals surface area contributed by atoms with Crippen LogP contribution in [0.1, 0.15) is 75.5 Å². The topological polar surface area (TPSA) is 91.1 Å². The number of hydrogen-bond acceptors (Lipinski definition) is 6. The van der Waals surface area contributed by atoms with Crippen molar-refractivity contribution in [2.24, 2.45) is 0 Å². The molecule has 2 unspecified atom stereocenters. The number of aromatic nitrogens is 2. The zero-order chi connectivity index (χ0) is 32.2. The van der Waals surface area contributed by atoms with Gasteiger partial charge in [0, 0.05) is 31.7 Å².